The Morgan fingerprint density at radius 3 is 2.70 bits per heavy atom. The van der Waals surface area contributed by atoms with Gasteiger partial charge in [0.05, 0.1) is 6.04 Å². The first-order chi connectivity index (χ1) is 11.0. The Morgan fingerprint density at radius 2 is 2.04 bits per heavy atom. The predicted octanol–water partition coefficient (Wildman–Crippen LogP) is 3.44. The molecule has 126 valence electrons. The summed E-state index contributed by atoms with van der Waals surface area (Å²) in [4.78, 5) is 27.2. The van der Waals surface area contributed by atoms with Crippen molar-refractivity contribution in [2.24, 2.45) is 0 Å². The van der Waals surface area contributed by atoms with Gasteiger partial charge in [-0.3, -0.25) is 9.59 Å². The van der Waals surface area contributed by atoms with Gasteiger partial charge in [-0.1, -0.05) is 43.7 Å². The van der Waals surface area contributed by atoms with Gasteiger partial charge in [0.2, 0.25) is 11.8 Å². The Bertz CT molecular complexity index is 544. The minimum absolute atomic E-state index is 0.0261. The third-order valence-electron chi connectivity index (χ3n) is 4.83. The molecule has 0 spiro atoms. The zero-order chi connectivity index (χ0) is 16.9. The SMILES string of the molecule is CCCCNC(=O)C1(C)CCCC(=O)N1[C@@H](C)c1ccccc1. The smallest absolute Gasteiger partial charge is 0.245 e. The molecule has 1 aliphatic rings. The van der Waals surface area contributed by atoms with Crippen LogP contribution in [0.5, 0.6) is 0 Å². The Kier molecular flexibility index (Phi) is 5.80. The van der Waals surface area contributed by atoms with Crippen molar-refractivity contribution in [3.8, 4) is 0 Å². The van der Waals surface area contributed by atoms with Crippen LogP contribution in [0.1, 0.15) is 64.5 Å². The van der Waals surface area contributed by atoms with Gasteiger partial charge >= 0.3 is 0 Å². The van der Waals surface area contributed by atoms with Crippen molar-refractivity contribution in [1.82, 2.24) is 10.2 Å². The Labute approximate surface area is 139 Å². The molecule has 1 saturated heterocycles. The third kappa shape index (κ3) is 3.74. The molecule has 2 atom stereocenters. The second-order valence-corrected chi connectivity index (χ2v) is 6.59. The standard InChI is InChI=1S/C19H28N2O2/c1-4-5-14-20-18(23)19(3)13-9-12-17(22)21(19)15(2)16-10-7-6-8-11-16/h6-8,10-11,15H,4-5,9,12-14H2,1-3H3,(H,20,23)/t15-,19?/m0/s1. The maximum absolute atomic E-state index is 12.8. The van der Waals surface area contributed by atoms with Gasteiger partial charge in [-0.05, 0) is 38.7 Å². The average molecular weight is 316 g/mol. The second-order valence-electron chi connectivity index (χ2n) is 6.59. The van der Waals surface area contributed by atoms with Gasteiger partial charge in [0.15, 0.2) is 0 Å². The summed E-state index contributed by atoms with van der Waals surface area (Å²) in [5.74, 6) is 0.0440. The van der Waals surface area contributed by atoms with Crippen LogP contribution in [0, 0.1) is 0 Å². The highest BCUT2D eigenvalue weighted by Gasteiger charge is 2.46. The minimum Gasteiger partial charge on any atom is -0.354 e. The number of carbonyl (C=O) groups excluding carboxylic acids is 2. The number of benzene rings is 1. The average Bonchev–Trinajstić information content (AvgIpc) is 2.55. The molecule has 0 aliphatic carbocycles. The molecule has 23 heavy (non-hydrogen) atoms. The molecule has 0 bridgehead atoms. The second kappa shape index (κ2) is 7.62. The lowest BCUT2D eigenvalue weighted by atomic mass is 9.84. The highest BCUT2D eigenvalue weighted by molar-refractivity contribution is 5.92. The van der Waals surface area contributed by atoms with E-state index in [1.807, 2.05) is 44.2 Å². The fourth-order valence-corrected chi connectivity index (χ4v) is 3.42. The molecule has 2 rings (SSSR count). The van der Waals surface area contributed by atoms with Crippen LogP contribution in [-0.4, -0.2) is 28.8 Å². The molecular weight excluding hydrogens is 288 g/mol. The Morgan fingerprint density at radius 1 is 1.35 bits per heavy atom. The van der Waals surface area contributed by atoms with Gasteiger partial charge in [-0.2, -0.15) is 0 Å². The molecule has 1 aromatic carbocycles. The van der Waals surface area contributed by atoms with E-state index in [9.17, 15) is 9.59 Å². The van der Waals surface area contributed by atoms with E-state index in [-0.39, 0.29) is 17.9 Å². The zero-order valence-electron chi connectivity index (χ0n) is 14.5. The lowest BCUT2D eigenvalue weighted by Crippen LogP contribution is -2.61. The number of likely N-dealkylation sites (tertiary alicyclic amines) is 1. The summed E-state index contributed by atoms with van der Waals surface area (Å²) in [6.07, 6.45) is 4.02. The molecule has 0 radical (unpaired) electrons. The number of hydrogen-bond donors (Lipinski definition) is 1. The number of nitrogens with zero attached hydrogens (tertiary/aromatic N) is 1. The maximum Gasteiger partial charge on any atom is 0.245 e. The quantitative estimate of drug-likeness (QED) is 0.817. The van der Waals surface area contributed by atoms with Crippen molar-refractivity contribution in [3.05, 3.63) is 35.9 Å². The summed E-state index contributed by atoms with van der Waals surface area (Å²) in [6.45, 7) is 6.69. The molecule has 4 heteroatoms. The summed E-state index contributed by atoms with van der Waals surface area (Å²) >= 11 is 0. The van der Waals surface area contributed by atoms with Crippen LogP contribution in [0.15, 0.2) is 30.3 Å². The topological polar surface area (TPSA) is 49.4 Å². The van der Waals surface area contributed by atoms with E-state index in [1.54, 1.807) is 4.90 Å². The normalized spacial score (nSPS) is 22.7. The fraction of sp³-hybridized carbons (Fsp3) is 0.579. The van der Waals surface area contributed by atoms with E-state index in [0.717, 1.165) is 24.8 Å². The van der Waals surface area contributed by atoms with Gasteiger partial charge in [0.25, 0.3) is 0 Å². The van der Waals surface area contributed by atoms with Crippen LogP contribution in [0.25, 0.3) is 0 Å². The highest BCUT2D eigenvalue weighted by atomic mass is 16.2. The predicted molar refractivity (Wildman–Crippen MR) is 91.9 cm³/mol. The number of carbonyl (C=O) groups is 2. The van der Waals surface area contributed by atoms with Gasteiger partial charge in [0.1, 0.15) is 5.54 Å². The number of piperidine rings is 1. The molecule has 1 fully saturated rings. The molecule has 0 aromatic heterocycles. The summed E-state index contributed by atoms with van der Waals surface area (Å²) in [5, 5.41) is 3.02. The molecule has 1 heterocycles. The molecular formula is C19H28N2O2. The fourth-order valence-electron chi connectivity index (χ4n) is 3.42. The van der Waals surface area contributed by atoms with Crippen molar-refractivity contribution in [2.75, 3.05) is 6.54 Å². The van der Waals surface area contributed by atoms with Crippen molar-refractivity contribution >= 4 is 11.8 Å². The molecule has 1 aliphatic heterocycles. The lowest BCUT2D eigenvalue weighted by Gasteiger charge is -2.46. The Balaban J connectivity index is 2.24. The molecule has 0 saturated carbocycles. The highest BCUT2D eigenvalue weighted by Crippen LogP contribution is 2.36. The number of rotatable bonds is 6. The molecule has 2 amide bonds. The largest absolute Gasteiger partial charge is 0.354 e. The number of unbranched alkanes of at least 4 members (excludes halogenated alkanes) is 1. The van der Waals surface area contributed by atoms with Crippen molar-refractivity contribution in [2.45, 2.75) is 64.5 Å². The lowest BCUT2D eigenvalue weighted by molar-refractivity contribution is -0.154. The monoisotopic (exact) mass is 316 g/mol. The summed E-state index contributed by atoms with van der Waals surface area (Å²) in [6, 6.07) is 9.83. The van der Waals surface area contributed by atoms with Gasteiger partial charge in [-0.15, -0.1) is 0 Å². The van der Waals surface area contributed by atoms with Gasteiger partial charge in [-0.25, -0.2) is 0 Å². The van der Waals surface area contributed by atoms with Crippen LogP contribution >= 0.6 is 0 Å². The van der Waals surface area contributed by atoms with Crippen LogP contribution in [0.4, 0.5) is 0 Å². The first kappa shape index (κ1) is 17.5. The number of amides is 2. The van der Waals surface area contributed by atoms with Crippen LogP contribution in [0.2, 0.25) is 0 Å². The van der Waals surface area contributed by atoms with Gasteiger partial charge < -0.3 is 10.2 Å². The first-order valence-electron chi connectivity index (χ1n) is 8.66. The van der Waals surface area contributed by atoms with Crippen LogP contribution in [0.3, 0.4) is 0 Å². The first-order valence-corrected chi connectivity index (χ1v) is 8.66. The number of nitrogens with one attached hydrogen (secondary N) is 1. The zero-order valence-corrected chi connectivity index (χ0v) is 14.5. The maximum atomic E-state index is 12.8. The molecule has 1 unspecified atom stereocenters. The van der Waals surface area contributed by atoms with Gasteiger partial charge in [0, 0.05) is 13.0 Å². The van der Waals surface area contributed by atoms with Crippen molar-refractivity contribution in [1.29, 1.82) is 0 Å². The molecule has 4 nitrogen and oxygen atoms in total. The van der Waals surface area contributed by atoms with E-state index in [2.05, 4.69) is 12.2 Å². The van der Waals surface area contributed by atoms with Crippen LogP contribution in [-0.2, 0) is 9.59 Å². The van der Waals surface area contributed by atoms with E-state index in [4.69, 9.17) is 0 Å². The third-order valence-corrected chi connectivity index (χ3v) is 4.83. The summed E-state index contributed by atoms with van der Waals surface area (Å²) in [5.41, 5.74) is 0.300. The minimum atomic E-state index is -0.766. The van der Waals surface area contributed by atoms with E-state index >= 15 is 0 Å². The summed E-state index contributed by atoms with van der Waals surface area (Å²) < 4.78 is 0. The van der Waals surface area contributed by atoms with E-state index < -0.39 is 5.54 Å². The molecule has 1 N–H and O–H groups in total. The number of hydrogen-bond acceptors (Lipinski definition) is 2. The van der Waals surface area contributed by atoms with Crippen molar-refractivity contribution in [3.63, 3.8) is 0 Å². The van der Waals surface area contributed by atoms with Crippen molar-refractivity contribution < 1.29 is 9.59 Å². The van der Waals surface area contributed by atoms with E-state index in [1.165, 1.54) is 0 Å². The Hall–Kier alpha value is -1.84. The van der Waals surface area contributed by atoms with E-state index in [0.29, 0.717) is 19.4 Å². The van der Waals surface area contributed by atoms with Crippen LogP contribution < -0.4 is 5.32 Å². The molecule has 1 aromatic rings. The summed E-state index contributed by atoms with van der Waals surface area (Å²) in [7, 11) is 0.